The molecule has 0 atom stereocenters. The molecule has 0 radical (unpaired) electrons. The van der Waals surface area contributed by atoms with Crippen molar-refractivity contribution in [2.24, 2.45) is 0 Å². The molecule has 0 fully saturated rings. The van der Waals surface area contributed by atoms with Gasteiger partial charge in [0.05, 0.1) is 15.9 Å². The van der Waals surface area contributed by atoms with Gasteiger partial charge < -0.3 is 4.98 Å². The summed E-state index contributed by atoms with van der Waals surface area (Å²) < 4.78 is 13.0. The number of fused-ring (bicyclic) bond motifs is 1. The van der Waals surface area contributed by atoms with Gasteiger partial charge in [0, 0.05) is 6.20 Å². The first-order valence-electron chi connectivity index (χ1n) is 3.61. The fourth-order valence-electron chi connectivity index (χ4n) is 1.31. The Morgan fingerprint density at radius 3 is 2.92 bits per heavy atom. The quantitative estimate of drug-likeness (QED) is 0.645. The molecule has 0 unspecified atom stereocenters. The van der Waals surface area contributed by atoms with Gasteiger partial charge >= 0.3 is 0 Å². The first-order chi connectivity index (χ1) is 5.68. The van der Waals surface area contributed by atoms with Crippen molar-refractivity contribution in [3.05, 3.63) is 34.7 Å². The minimum atomic E-state index is -0.296. The maximum absolute atomic E-state index is 13.0. The van der Waals surface area contributed by atoms with Crippen LogP contribution in [-0.4, -0.2) is 4.98 Å². The second kappa shape index (κ2) is 2.49. The molecule has 1 heterocycles. The van der Waals surface area contributed by atoms with Crippen LogP contribution >= 0.6 is 11.6 Å². The molecule has 1 aromatic carbocycles. The Labute approximate surface area is 74.2 Å². The van der Waals surface area contributed by atoms with E-state index in [0.29, 0.717) is 10.4 Å². The number of H-pyrrole nitrogens is 1. The maximum atomic E-state index is 13.0. The van der Waals surface area contributed by atoms with E-state index in [1.54, 1.807) is 6.07 Å². The van der Waals surface area contributed by atoms with E-state index >= 15 is 0 Å². The summed E-state index contributed by atoms with van der Waals surface area (Å²) in [5.41, 5.74) is 1.77. The molecule has 12 heavy (non-hydrogen) atoms. The normalized spacial score (nSPS) is 10.9. The van der Waals surface area contributed by atoms with Gasteiger partial charge in [-0.05, 0) is 24.6 Å². The summed E-state index contributed by atoms with van der Waals surface area (Å²) in [6.07, 6.45) is 1.32. The molecule has 3 heteroatoms. The SMILES string of the molecule is Cc1cc(Cl)c2c(F)c[nH]c2c1. The van der Waals surface area contributed by atoms with E-state index in [4.69, 9.17) is 11.6 Å². The lowest BCUT2D eigenvalue weighted by molar-refractivity contribution is 0.639. The molecule has 1 aromatic heterocycles. The molecule has 62 valence electrons. The van der Waals surface area contributed by atoms with Crippen molar-refractivity contribution >= 4 is 22.5 Å². The van der Waals surface area contributed by atoms with Gasteiger partial charge in [-0.25, -0.2) is 4.39 Å². The highest BCUT2D eigenvalue weighted by atomic mass is 35.5. The molecule has 2 rings (SSSR count). The molecule has 0 spiro atoms. The zero-order valence-electron chi connectivity index (χ0n) is 6.49. The average Bonchev–Trinajstić information content (AvgIpc) is 2.31. The molecule has 1 N–H and O–H groups in total. The number of halogens is 2. The molecule has 0 saturated carbocycles. The highest BCUT2D eigenvalue weighted by Crippen LogP contribution is 2.26. The molecular formula is C9H7ClFN. The monoisotopic (exact) mass is 183 g/mol. The number of aromatic nitrogens is 1. The van der Waals surface area contributed by atoms with Crippen LogP contribution in [0, 0.1) is 12.7 Å². The second-order valence-electron chi connectivity index (χ2n) is 2.81. The number of hydrogen-bond donors (Lipinski definition) is 1. The Kier molecular flexibility index (Phi) is 1.58. The topological polar surface area (TPSA) is 15.8 Å². The van der Waals surface area contributed by atoms with Crippen molar-refractivity contribution in [3.8, 4) is 0 Å². The fraction of sp³-hybridized carbons (Fsp3) is 0.111. The van der Waals surface area contributed by atoms with E-state index in [1.807, 2.05) is 13.0 Å². The number of aromatic amines is 1. The van der Waals surface area contributed by atoms with E-state index in [0.717, 1.165) is 11.1 Å². The summed E-state index contributed by atoms with van der Waals surface area (Å²) in [5, 5.41) is 0.936. The number of rotatable bonds is 0. The van der Waals surface area contributed by atoms with Crippen LogP contribution in [0.5, 0.6) is 0 Å². The van der Waals surface area contributed by atoms with E-state index in [9.17, 15) is 4.39 Å². The molecule has 0 aliphatic rings. The molecule has 0 aliphatic heterocycles. The standard InChI is InChI=1S/C9H7ClFN/c1-5-2-6(10)9-7(11)4-12-8(9)3-5/h2-4,12H,1H3. The van der Waals surface area contributed by atoms with Gasteiger partial charge in [0.25, 0.3) is 0 Å². The number of benzene rings is 1. The molecular weight excluding hydrogens is 177 g/mol. The number of hydrogen-bond acceptors (Lipinski definition) is 0. The highest BCUT2D eigenvalue weighted by Gasteiger charge is 2.06. The van der Waals surface area contributed by atoms with Crippen molar-refractivity contribution in [1.82, 2.24) is 4.98 Å². The minimum absolute atomic E-state index is 0.296. The summed E-state index contributed by atoms with van der Waals surface area (Å²) >= 11 is 5.85. The largest absolute Gasteiger partial charge is 0.358 e. The zero-order valence-corrected chi connectivity index (χ0v) is 7.24. The third kappa shape index (κ3) is 0.994. The maximum Gasteiger partial charge on any atom is 0.149 e. The molecule has 0 saturated heterocycles. The third-order valence-electron chi connectivity index (χ3n) is 1.83. The van der Waals surface area contributed by atoms with E-state index < -0.39 is 0 Å². The van der Waals surface area contributed by atoms with Crippen molar-refractivity contribution < 1.29 is 4.39 Å². The van der Waals surface area contributed by atoms with Crippen LogP contribution in [-0.2, 0) is 0 Å². The Morgan fingerprint density at radius 1 is 1.42 bits per heavy atom. The predicted octanol–water partition coefficient (Wildman–Crippen LogP) is 3.27. The van der Waals surface area contributed by atoms with E-state index in [2.05, 4.69) is 4.98 Å². The molecule has 2 aromatic rings. The highest BCUT2D eigenvalue weighted by molar-refractivity contribution is 6.35. The minimum Gasteiger partial charge on any atom is -0.358 e. The lowest BCUT2D eigenvalue weighted by atomic mass is 10.2. The molecule has 0 aliphatic carbocycles. The van der Waals surface area contributed by atoms with Crippen LogP contribution in [0.2, 0.25) is 5.02 Å². The van der Waals surface area contributed by atoms with Gasteiger partial charge in [0.15, 0.2) is 0 Å². The van der Waals surface area contributed by atoms with Gasteiger partial charge in [0.1, 0.15) is 5.82 Å². The Morgan fingerprint density at radius 2 is 2.17 bits per heavy atom. The van der Waals surface area contributed by atoms with Gasteiger partial charge in [-0.1, -0.05) is 11.6 Å². The van der Waals surface area contributed by atoms with E-state index in [1.165, 1.54) is 6.20 Å². The summed E-state index contributed by atoms with van der Waals surface area (Å²) in [7, 11) is 0. The summed E-state index contributed by atoms with van der Waals surface area (Å²) in [5.74, 6) is -0.296. The summed E-state index contributed by atoms with van der Waals surface area (Å²) in [6.45, 7) is 1.92. The molecule has 0 bridgehead atoms. The van der Waals surface area contributed by atoms with Crippen molar-refractivity contribution in [2.75, 3.05) is 0 Å². The summed E-state index contributed by atoms with van der Waals surface area (Å²) in [4.78, 5) is 2.81. The summed E-state index contributed by atoms with van der Waals surface area (Å²) in [6, 6.07) is 3.62. The van der Waals surface area contributed by atoms with Gasteiger partial charge in [-0.2, -0.15) is 0 Å². The Hall–Kier alpha value is -1.02. The van der Waals surface area contributed by atoms with Gasteiger partial charge in [-0.15, -0.1) is 0 Å². The fourth-order valence-corrected chi connectivity index (χ4v) is 1.68. The zero-order chi connectivity index (χ0) is 8.72. The smallest absolute Gasteiger partial charge is 0.149 e. The average molecular weight is 184 g/mol. The lowest BCUT2D eigenvalue weighted by Crippen LogP contribution is -1.76. The van der Waals surface area contributed by atoms with Crippen LogP contribution in [0.3, 0.4) is 0 Å². The van der Waals surface area contributed by atoms with Crippen LogP contribution in [0.25, 0.3) is 10.9 Å². The van der Waals surface area contributed by atoms with E-state index in [-0.39, 0.29) is 5.82 Å². The van der Waals surface area contributed by atoms with Gasteiger partial charge in [-0.3, -0.25) is 0 Å². The van der Waals surface area contributed by atoms with Crippen molar-refractivity contribution in [3.63, 3.8) is 0 Å². The van der Waals surface area contributed by atoms with Crippen LogP contribution < -0.4 is 0 Å². The second-order valence-corrected chi connectivity index (χ2v) is 3.21. The third-order valence-corrected chi connectivity index (χ3v) is 2.13. The Balaban J connectivity index is 2.93. The molecule has 0 amide bonds. The first kappa shape index (κ1) is 7.62. The van der Waals surface area contributed by atoms with Crippen molar-refractivity contribution in [1.29, 1.82) is 0 Å². The van der Waals surface area contributed by atoms with Crippen LogP contribution in [0.15, 0.2) is 18.3 Å². The molecule has 1 nitrogen and oxygen atoms in total. The van der Waals surface area contributed by atoms with Gasteiger partial charge in [0.2, 0.25) is 0 Å². The van der Waals surface area contributed by atoms with Crippen molar-refractivity contribution in [2.45, 2.75) is 6.92 Å². The number of aryl methyl sites for hydroxylation is 1. The van der Waals surface area contributed by atoms with Crippen LogP contribution in [0.4, 0.5) is 4.39 Å². The first-order valence-corrected chi connectivity index (χ1v) is 3.99. The predicted molar refractivity (Wildman–Crippen MR) is 48.0 cm³/mol. The number of nitrogens with one attached hydrogen (secondary N) is 1. The Bertz CT molecular complexity index is 433. The van der Waals surface area contributed by atoms with Crippen LogP contribution in [0.1, 0.15) is 5.56 Å². The lowest BCUT2D eigenvalue weighted by Gasteiger charge is -1.96.